The molecule has 0 radical (unpaired) electrons. The van der Waals surface area contributed by atoms with Crippen molar-refractivity contribution in [1.82, 2.24) is 10.3 Å². The molecule has 19 heavy (non-hydrogen) atoms. The van der Waals surface area contributed by atoms with Crippen molar-refractivity contribution in [1.29, 1.82) is 0 Å². The van der Waals surface area contributed by atoms with Gasteiger partial charge in [0.05, 0.1) is 23.9 Å². The zero-order chi connectivity index (χ0) is 13.7. The van der Waals surface area contributed by atoms with Crippen molar-refractivity contribution in [3.63, 3.8) is 0 Å². The van der Waals surface area contributed by atoms with Gasteiger partial charge in [-0.1, -0.05) is 37.3 Å². The van der Waals surface area contributed by atoms with Gasteiger partial charge in [0, 0.05) is 0 Å². The topological polar surface area (TPSA) is 62.2 Å². The van der Waals surface area contributed by atoms with Crippen molar-refractivity contribution < 1.29 is 9.90 Å². The SMILES string of the molecule is CCc1ncsc1C(=O)N[C@@H](CO)c1ccccc1. The van der Waals surface area contributed by atoms with Crippen molar-refractivity contribution in [3.05, 3.63) is 52.0 Å². The second kappa shape index (κ2) is 6.45. The molecule has 1 amide bonds. The van der Waals surface area contributed by atoms with Crippen LogP contribution in [0, 0.1) is 0 Å². The maximum atomic E-state index is 12.2. The number of benzene rings is 1. The van der Waals surface area contributed by atoms with Gasteiger partial charge in [0.15, 0.2) is 0 Å². The summed E-state index contributed by atoms with van der Waals surface area (Å²) < 4.78 is 0. The lowest BCUT2D eigenvalue weighted by molar-refractivity contribution is 0.0919. The summed E-state index contributed by atoms with van der Waals surface area (Å²) >= 11 is 1.33. The normalized spacial score (nSPS) is 12.1. The molecule has 4 nitrogen and oxygen atoms in total. The van der Waals surface area contributed by atoms with Crippen LogP contribution in [-0.4, -0.2) is 22.6 Å². The van der Waals surface area contributed by atoms with Crippen LogP contribution in [0.2, 0.25) is 0 Å². The predicted octanol–water partition coefficient (Wildman–Crippen LogP) is 2.17. The van der Waals surface area contributed by atoms with Gasteiger partial charge in [-0.2, -0.15) is 0 Å². The number of rotatable bonds is 5. The highest BCUT2D eigenvalue weighted by atomic mass is 32.1. The molecule has 5 heteroatoms. The van der Waals surface area contributed by atoms with E-state index in [1.54, 1.807) is 5.51 Å². The number of nitrogens with zero attached hydrogens (tertiary/aromatic N) is 1. The summed E-state index contributed by atoms with van der Waals surface area (Å²) in [5, 5.41) is 12.3. The molecule has 1 atom stereocenters. The first-order valence-corrected chi connectivity index (χ1v) is 7.03. The molecule has 0 unspecified atom stereocenters. The van der Waals surface area contributed by atoms with Crippen molar-refractivity contribution in [2.24, 2.45) is 0 Å². The van der Waals surface area contributed by atoms with Crippen LogP contribution in [0.15, 0.2) is 35.8 Å². The second-order valence-corrected chi connectivity index (χ2v) is 4.96. The number of aliphatic hydroxyl groups is 1. The van der Waals surface area contributed by atoms with Crippen LogP contribution in [-0.2, 0) is 6.42 Å². The molecule has 100 valence electrons. The van der Waals surface area contributed by atoms with Gasteiger partial charge in [-0.05, 0) is 12.0 Å². The van der Waals surface area contributed by atoms with Gasteiger partial charge < -0.3 is 10.4 Å². The van der Waals surface area contributed by atoms with Gasteiger partial charge in [0.25, 0.3) is 5.91 Å². The zero-order valence-corrected chi connectivity index (χ0v) is 11.5. The molecule has 2 N–H and O–H groups in total. The molecule has 0 saturated heterocycles. The molecule has 0 aliphatic heterocycles. The summed E-state index contributed by atoms with van der Waals surface area (Å²) in [6.07, 6.45) is 0.724. The number of aromatic nitrogens is 1. The third-order valence-corrected chi connectivity index (χ3v) is 3.74. The Morgan fingerprint density at radius 1 is 1.42 bits per heavy atom. The molecule has 1 heterocycles. The Morgan fingerprint density at radius 3 is 2.79 bits per heavy atom. The minimum Gasteiger partial charge on any atom is -0.394 e. The Hall–Kier alpha value is -1.72. The van der Waals surface area contributed by atoms with Gasteiger partial charge >= 0.3 is 0 Å². The van der Waals surface area contributed by atoms with Crippen LogP contribution in [0.3, 0.4) is 0 Å². The highest BCUT2D eigenvalue weighted by Crippen LogP contribution is 2.17. The molecule has 0 spiro atoms. The zero-order valence-electron chi connectivity index (χ0n) is 10.7. The number of hydrogen-bond donors (Lipinski definition) is 2. The molecule has 2 aromatic rings. The average molecular weight is 276 g/mol. The van der Waals surface area contributed by atoms with Crippen molar-refractivity contribution in [2.75, 3.05) is 6.61 Å². The van der Waals surface area contributed by atoms with E-state index in [0.717, 1.165) is 17.7 Å². The van der Waals surface area contributed by atoms with E-state index in [-0.39, 0.29) is 18.6 Å². The maximum absolute atomic E-state index is 12.2. The van der Waals surface area contributed by atoms with Crippen molar-refractivity contribution in [2.45, 2.75) is 19.4 Å². The minimum absolute atomic E-state index is 0.129. The largest absolute Gasteiger partial charge is 0.394 e. The first kappa shape index (κ1) is 13.7. The van der Waals surface area contributed by atoms with E-state index in [1.165, 1.54) is 11.3 Å². The molecule has 0 fully saturated rings. The number of aliphatic hydroxyl groups excluding tert-OH is 1. The van der Waals surface area contributed by atoms with E-state index in [4.69, 9.17) is 0 Å². The number of aryl methyl sites for hydroxylation is 1. The number of carbonyl (C=O) groups is 1. The fourth-order valence-electron chi connectivity index (χ4n) is 1.85. The Balaban J connectivity index is 2.13. The first-order chi connectivity index (χ1) is 9.26. The van der Waals surface area contributed by atoms with E-state index in [0.29, 0.717) is 4.88 Å². The molecule has 1 aromatic carbocycles. The highest BCUT2D eigenvalue weighted by molar-refractivity contribution is 7.11. The van der Waals surface area contributed by atoms with E-state index in [9.17, 15) is 9.90 Å². The Bertz CT molecular complexity index is 539. The number of thiazole rings is 1. The Labute approximate surface area is 116 Å². The molecular formula is C14H16N2O2S. The van der Waals surface area contributed by atoms with Gasteiger partial charge in [0.1, 0.15) is 4.88 Å². The lowest BCUT2D eigenvalue weighted by Gasteiger charge is -2.16. The quantitative estimate of drug-likeness (QED) is 0.879. The lowest BCUT2D eigenvalue weighted by atomic mass is 10.1. The molecular weight excluding hydrogens is 260 g/mol. The van der Waals surface area contributed by atoms with E-state index in [1.807, 2.05) is 37.3 Å². The third-order valence-electron chi connectivity index (χ3n) is 2.87. The van der Waals surface area contributed by atoms with Crippen LogP contribution in [0.1, 0.15) is 33.9 Å². The van der Waals surface area contributed by atoms with Crippen LogP contribution < -0.4 is 5.32 Å². The maximum Gasteiger partial charge on any atom is 0.263 e. The molecule has 0 aliphatic rings. The average Bonchev–Trinajstić information content (AvgIpc) is 2.94. The van der Waals surface area contributed by atoms with Crippen molar-refractivity contribution in [3.8, 4) is 0 Å². The summed E-state index contributed by atoms with van der Waals surface area (Å²) in [6, 6.07) is 9.05. The number of nitrogens with one attached hydrogen (secondary N) is 1. The van der Waals surface area contributed by atoms with Crippen LogP contribution in [0.25, 0.3) is 0 Å². The summed E-state index contributed by atoms with van der Waals surface area (Å²) in [4.78, 5) is 17.0. The van der Waals surface area contributed by atoms with Gasteiger partial charge in [0.2, 0.25) is 0 Å². The number of carbonyl (C=O) groups excluding carboxylic acids is 1. The van der Waals surface area contributed by atoms with Gasteiger partial charge in [-0.3, -0.25) is 4.79 Å². The standard InChI is InChI=1S/C14H16N2O2S/c1-2-11-13(19-9-15-11)14(18)16-12(8-17)10-6-4-3-5-7-10/h3-7,9,12,17H,2,8H2,1H3,(H,16,18)/t12-/m0/s1. The van der Waals surface area contributed by atoms with Gasteiger partial charge in [-0.15, -0.1) is 11.3 Å². The second-order valence-electron chi connectivity index (χ2n) is 4.10. The first-order valence-electron chi connectivity index (χ1n) is 6.15. The number of hydrogen-bond acceptors (Lipinski definition) is 4. The fourth-order valence-corrected chi connectivity index (χ4v) is 2.63. The molecule has 0 bridgehead atoms. The van der Waals surface area contributed by atoms with Gasteiger partial charge in [-0.25, -0.2) is 4.98 Å². The fraction of sp³-hybridized carbons (Fsp3) is 0.286. The van der Waals surface area contributed by atoms with Crippen molar-refractivity contribution >= 4 is 17.2 Å². The molecule has 0 saturated carbocycles. The summed E-state index contributed by atoms with van der Waals surface area (Å²) in [5.74, 6) is -0.178. The molecule has 2 rings (SSSR count). The molecule has 1 aromatic heterocycles. The Morgan fingerprint density at radius 2 is 2.16 bits per heavy atom. The Kier molecular flexibility index (Phi) is 4.65. The summed E-state index contributed by atoms with van der Waals surface area (Å²) in [6.45, 7) is 1.84. The third kappa shape index (κ3) is 3.19. The van der Waals surface area contributed by atoms with Crippen LogP contribution in [0.5, 0.6) is 0 Å². The number of amides is 1. The lowest BCUT2D eigenvalue weighted by Crippen LogP contribution is -2.30. The van der Waals surface area contributed by atoms with E-state index < -0.39 is 0 Å². The summed E-state index contributed by atoms with van der Waals surface area (Å²) in [7, 11) is 0. The minimum atomic E-state index is -0.388. The summed E-state index contributed by atoms with van der Waals surface area (Å²) in [5.41, 5.74) is 3.36. The van der Waals surface area contributed by atoms with Crippen LogP contribution >= 0.6 is 11.3 Å². The smallest absolute Gasteiger partial charge is 0.263 e. The monoisotopic (exact) mass is 276 g/mol. The molecule has 0 aliphatic carbocycles. The van der Waals surface area contributed by atoms with E-state index >= 15 is 0 Å². The van der Waals surface area contributed by atoms with E-state index in [2.05, 4.69) is 10.3 Å². The highest BCUT2D eigenvalue weighted by Gasteiger charge is 2.18. The predicted molar refractivity (Wildman–Crippen MR) is 75.2 cm³/mol. The van der Waals surface area contributed by atoms with Crippen LogP contribution in [0.4, 0.5) is 0 Å².